The molecule has 90 valence electrons. The summed E-state index contributed by atoms with van der Waals surface area (Å²) in [7, 11) is -3.41. The Morgan fingerprint density at radius 2 is 2.31 bits per heavy atom. The fraction of sp³-hybridized carbons (Fsp3) is 0.700. The molecule has 2 N–H and O–H groups in total. The van der Waals surface area contributed by atoms with E-state index in [-0.39, 0.29) is 11.1 Å². The molecular weight excluding hydrogens is 226 g/mol. The number of nitrogens with zero attached hydrogens (tertiary/aromatic N) is 1. The maximum absolute atomic E-state index is 11.9. The van der Waals surface area contributed by atoms with Gasteiger partial charge in [-0.25, -0.2) is 18.1 Å². The predicted octanol–water partition coefficient (Wildman–Crippen LogP) is 1.27. The van der Waals surface area contributed by atoms with Crippen molar-refractivity contribution in [3.05, 3.63) is 12.5 Å². The highest BCUT2D eigenvalue weighted by Gasteiger charge is 2.25. The Kier molecular flexibility index (Phi) is 3.30. The summed E-state index contributed by atoms with van der Waals surface area (Å²) < 4.78 is 26.5. The van der Waals surface area contributed by atoms with Gasteiger partial charge in [-0.1, -0.05) is 19.8 Å². The van der Waals surface area contributed by atoms with Crippen molar-refractivity contribution in [1.29, 1.82) is 0 Å². The van der Waals surface area contributed by atoms with Crippen LogP contribution in [0.25, 0.3) is 0 Å². The highest BCUT2D eigenvalue weighted by Crippen LogP contribution is 2.24. The first-order valence-corrected chi connectivity index (χ1v) is 7.07. The first-order chi connectivity index (χ1) is 7.58. The molecule has 2 rings (SSSR count). The van der Waals surface area contributed by atoms with Crippen molar-refractivity contribution in [1.82, 2.24) is 14.7 Å². The van der Waals surface area contributed by atoms with E-state index in [1.165, 1.54) is 18.9 Å². The molecule has 1 fully saturated rings. The second-order valence-corrected chi connectivity index (χ2v) is 6.19. The molecule has 1 aliphatic rings. The lowest BCUT2D eigenvalue weighted by Crippen LogP contribution is -2.38. The van der Waals surface area contributed by atoms with Crippen LogP contribution >= 0.6 is 0 Å². The summed E-state index contributed by atoms with van der Waals surface area (Å²) >= 11 is 0. The number of nitrogens with one attached hydrogen (secondary N) is 2. The number of aromatic amines is 1. The first kappa shape index (κ1) is 11.6. The maximum atomic E-state index is 11.9. The van der Waals surface area contributed by atoms with Crippen molar-refractivity contribution in [2.75, 3.05) is 0 Å². The highest BCUT2D eigenvalue weighted by molar-refractivity contribution is 7.89. The quantitative estimate of drug-likeness (QED) is 0.839. The number of sulfonamides is 1. The molecule has 0 radical (unpaired) electrons. The second-order valence-electron chi connectivity index (χ2n) is 4.51. The molecule has 0 saturated heterocycles. The average molecular weight is 243 g/mol. The largest absolute Gasteiger partial charge is 0.335 e. The van der Waals surface area contributed by atoms with E-state index < -0.39 is 10.0 Å². The smallest absolute Gasteiger partial charge is 0.257 e. The van der Waals surface area contributed by atoms with Crippen molar-refractivity contribution >= 4 is 10.0 Å². The molecule has 2 atom stereocenters. The van der Waals surface area contributed by atoms with Crippen molar-refractivity contribution < 1.29 is 8.42 Å². The second kappa shape index (κ2) is 4.55. The molecule has 6 heteroatoms. The van der Waals surface area contributed by atoms with Gasteiger partial charge in [-0.15, -0.1) is 0 Å². The molecule has 0 amide bonds. The van der Waals surface area contributed by atoms with Crippen LogP contribution < -0.4 is 4.72 Å². The molecule has 0 aromatic carbocycles. The fourth-order valence-electron chi connectivity index (χ4n) is 2.21. The molecular formula is C10H17N3O2S. The average Bonchev–Trinajstić information content (AvgIpc) is 2.69. The van der Waals surface area contributed by atoms with E-state index in [1.807, 2.05) is 0 Å². The van der Waals surface area contributed by atoms with E-state index >= 15 is 0 Å². The van der Waals surface area contributed by atoms with E-state index in [2.05, 4.69) is 21.6 Å². The molecule has 1 aliphatic carbocycles. The van der Waals surface area contributed by atoms with Gasteiger partial charge in [0.2, 0.25) is 0 Å². The number of hydrogen-bond acceptors (Lipinski definition) is 3. The third-order valence-electron chi connectivity index (χ3n) is 3.02. The van der Waals surface area contributed by atoms with Crippen molar-refractivity contribution in [3.63, 3.8) is 0 Å². The fourth-order valence-corrected chi connectivity index (χ4v) is 3.40. The van der Waals surface area contributed by atoms with Crippen LogP contribution in [-0.2, 0) is 10.0 Å². The molecule has 1 saturated carbocycles. The lowest BCUT2D eigenvalue weighted by atomic mass is 9.88. The zero-order chi connectivity index (χ0) is 11.6. The van der Waals surface area contributed by atoms with Crippen molar-refractivity contribution in [2.24, 2.45) is 5.92 Å². The van der Waals surface area contributed by atoms with Crippen LogP contribution in [0.5, 0.6) is 0 Å². The molecule has 16 heavy (non-hydrogen) atoms. The maximum Gasteiger partial charge on any atom is 0.257 e. The molecule has 0 aliphatic heterocycles. The van der Waals surface area contributed by atoms with Crippen LogP contribution in [0.2, 0.25) is 0 Å². The molecule has 2 unspecified atom stereocenters. The third-order valence-corrected chi connectivity index (χ3v) is 4.47. The van der Waals surface area contributed by atoms with E-state index in [1.54, 1.807) is 0 Å². The van der Waals surface area contributed by atoms with Gasteiger partial charge in [-0.3, -0.25) is 0 Å². The van der Waals surface area contributed by atoms with Crippen molar-refractivity contribution in [3.8, 4) is 0 Å². The minimum Gasteiger partial charge on any atom is -0.335 e. The normalized spacial score (nSPS) is 26.8. The van der Waals surface area contributed by atoms with Crippen LogP contribution in [-0.4, -0.2) is 24.4 Å². The predicted molar refractivity (Wildman–Crippen MR) is 60.3 cm³/mol. The number of hydrogen-bond donors (Lipinski definition) is 2. The minimum absolute atomic E-state index is 0.0667. The Balaban J connectivity index is 2.04. The summed E-state index contributed by atoms with van der Waals surface area (Å²) in [6.07, 6.45) is 6.84. The summed E-state index contributed by atoms with van der Waals surface area (Å²) in [5, 5.41) is 0.144. The first-order valence-electron chi connectivity index (χ1n) is 5.58. The van der Waals surface area contributed by atoms with Crippen LogP contribution in [0.3, 0.4) is 0 Å². The Morgan fingerprint density at radius 3 is 2.94 bits per heavy atom. The van der Waals surface area contributed by atoms with Gasteiger partial charge in [0.15, 0.2) is 5.03 Å². The number of rotatable bonds is 3. The summed E-state index contributed by atoms with van der Waals surface area (Å²) in [6.45, 7) is 2.16. The van der Waals surface area contributed by atoms with Gasteiger partial charge in [0.05, 0.1) is 12.5 Å². The topological polar surface area (TPSA) is 74.8 Å². The molecule has 0 spiro atoms. The number of imidazole rings is 1. The van der Waals surface area contributed by atoms with E-state index in [9.17, 15) is 8.42 Å². The van der Waals surface area contributed by atoms with Gasteiger partial charge in [-0.05, 0) is 18.8 Å². The van der Waals surface area contributed by atoms with E-state index in [4.69, 9.17) is 0 Å². The van der Waals surface area contributed by atoms with E-state index in [0.717, 1.165) is 19.3 Å². The zero-order valence-electron chi connectivity index (χ0n) is 9.31. The SMILES string of the molecule is CC1CCCC(NS(=O)(=O)c2cnc[nH]2)C1. The number of H-pyrrole nitrogens is 1. The molecule has 1 heterocycles. The zero-order valence-corrected chi connectivity index (χ0v) is 10.1. The summed E-state index contributed by atoms with van der Waals surface area (Å²) in [5.74, 6) is 0.600. The lowest BCUT2D eigenvalue weighted by Gasteiger charge is -2.26. The van der Waals surface area contributed by atoms with Gasteiger partial charge >= 0.3 is 0 Å². The monoisotopic (exact) mass is 243 g/mol. The number of aromatic nitrogens is 2. The molecule has 0 bridgehead atoms. The Bertz CT molecular complexity index is 427. The van der Waals surface area contributed by atoms with Gasteiger partial charge in [0, 0.05) is 6.04 Å². The van der Waals surface area contributed by atoms with E-state index in [0.29, 0.717) is 5.92 Å². The Morgan fingerprint density at radius 1 is 1.50 bits per heavy atom. The van der Waals surface area contributed by atoms with Crippen LogP contribution in [0.1, 0.15) is 32.6 Å². The minimum atomic E-state index is -3.41. The van der Waals surface area contributed by atoms with Crippen LogP contribution in [0.4, 0.5) is 0 Å². The summed E-state index contributed by atoms with van der Waals surface area (Å²) in [5.41, 5.74) is 0. The lowest BCUT2D eigenvalue weighted by molar-refractivity contribution is 0.327. The van der Waals surface area contributed by atoms with Gasteiger partial charge in [-0.2, -0.15) is 0 Å². The summed E-state index contributed by atoms with van der Waals surface area (Å²) in [4.78, 5) is 6.34. The third kappa shape index (κ3) is 2.62. The Labute approximate surface area is 95.7 Å². The Hall–Kier alpha value is -0.880. The van der Waals surface area contributed by atoms with Gasteiger partial charge in [0.1, 0.15) is 0 Å². The summed E-state index contributed by atoms with van der Waals surface area (Å²) in [6, 6.07) is 0.0667. The highest BCUT2D eigenvalue weighted by atomic mass is 32.2. The standard InChI is InChI=1S/C10H17N3O2S/c1-8-3-2-4-9(5-8)13-16(14,15)10-6-11-7-12-10/h6-9,13H,2-5H2,1H3,(H,11,12). The molecule has 1 aromatic rings. The van der Waals surface area contributed by atoms with Crippen LogP contribution in [0, 0.1) is 5.92 Å². The van der Waals surface area contributed by atoms with Crippen LogP contribution in [0.15, 0.2) is 17.6 Å². The molecule has 5 nitrogen and oxygen atoms in total. The van der Waals surface area contributed by atoms with Gasteiger partial charge < -0.3 is 4.98 Å². The van der Waals surface area contributed by atoms with Crippen molar-refractivity contribution in [2.45, 2.75) is 43.7 Å². The molecule has 1 aromatic heterocycles. The van der Waals surface area contributed by atoms with Gasteiger partial charge in [0.25, 0.3) is 10.0 Å².